The van der Waals surface area contributed by atoms with Gasteiger partial charge in [-0.1, -0.05) is 13.8 Å². The number of nitrogens with zero attached hydrogens (tertiary/aromatic N) is 2. The van der Waals surface area contributed by atoms with Gasteiger partial charge in [0.1, 0.15) is 0 Å². The Morgan fingerprint density at radius 3 is 3.00 bits per heavy atom. The highest BCUT2D eigenvalue weighted by Crippen LogP contribution is 2.07. The monoisotopic (exact) mass is 225 g/mol. The Hall–Kier alpha value is -1.03. The molecular weight excluding hydrogens is 202 g/mol. The highest BCUT2D eigenvalue weighted by Gasteiger charge is 2.01. The van der Waals surface area contributed by atoms with E-state index in [4.69, 9.17) is 4.74 Å². The molecule has 16 heavy (non-hydrogen) atoms. The molecule has 0 atom stereocenters. The fourth-order valence-electron chi connectivity index (χ4n) is 1.56. The van der Waals surface area contributed by atoms with E-state index in [9.17, 15) is 0 Å². The first-order chi connectivity index (χ1) is 7.74. The molecule has 0 saturated carbocycles. The van der Waals surface area contributed by atoms with Gasteiger partial charge in [0.25, 0.3) is 0 Å². The normalized spacial score (nSPS) is 11.0. The van der Waals surface area contributed by atoms with Crippen molar-refractivity contribution >= 4 is 5.95 Å². The minimum Gasteiger partial charge on any atom is -0.383 e. The van der Waals surface area contributed by atoms with Crippen LogP contribution >= 0.6 is 0 Å². The lowest BCUT2D eigenvalue weighted by Crippen LogP contribution is -2.11. The van der Waals surface area contributed by atoms with Crippen molar-refractivity contribution in [1.82, 2.24) is 9.55 Å². The van der Waals surface area contributed by atoms with Crippen LogP contribution in [0, 0.1) is 5.92 Å². The number of aromatic nitrogens is 2. The molecule has 0 aromatic carbocycles. The molecule has 0 spiro atoms. The number of rotatable bonds is 8. The minimum absolute atomic E-state index is 0.719. The van der Waals surface area contributed by atoms with Gasteiger partial charge in [0, 0.05) is 32.6 Å². The summed E-state index contributed by atoms with van der Waals surface area (Å²) in [6.45, 7) is 7.06. The molecule has 0 fully saturated rings. The predicted molar refractivity (Wildman–Crippen MR) is 66.7 cm³/mol. The molecular formula is C12H23N3O. The molecule has 1 aromatic rings. The van der Waals surface area contributed by atoms with E-state index in [1.165, 1.54) is 12.8 Å². The summed E-state index contributed by atoms with van der Waals surface area (Å²) in [7, 11) is 1.71. The third-order valence-corrected chi connectivity index (χ3v) is 2.49. The van der Waals surface area contributed by atoms with Gasteiger partial charge >= 0.3 is 0 Å². The van der Waals surface area contributed by atoms with Crippen molar-refractivity contribution in [3.05, 3.63) is 12.4 Å². The average molecular weight is 225 g/mol. The standard InChI is InChI=1S/C12H23N3O/c1-11(2)5-4-6-13-12-14-7-8-15(12)9-10-16-3/h7-8,11H,4-6,9-10H2,1-3H3,(H,13,14). The van der Waals surface area contributed by atoms with Crippen LogP contribution in [0.4, 0.5) is 5.95 Å². The van der Waals surface area contributed by atoms with E-state index < -0.39 is 0 Å². The predicted octanol–water partition coefficient (Wildman–Crippen LogP) is 2.38. The van der Waals surface area contributed by atoms with Crippen LogP contribution in [0.1, 0.15) is 26.7 Å². The molecule has 4 nitrogen and oxygen atoms in total. The van der Waals surface area contributed by atoms with Crippen LogP contribution in [0.3, 0.4) is 0 Å². The minimum atomic E-state index is 0.719. The second kappa shape index (κ2) is 7.28. The molecule has 0 bridgehead atoms. The molecule has 0 aliphatic heterocycles. The summed E-state index contributed by atoms with van der Waals surface area (Å²) < 4.78 is 7.13. The Morgan fingerprint density at radius 2 is 2.31 bits per heavy atom. The number of hydrogen-bond acceptors (Lipinski definition) is 3. The molecule has 1 aromatic heterocycles. The first-order valence-electron chi connectivity index (χ1n) is 5.98. The fourth-order valence-corrected chi connectivity index (χ4v) is 1.56. The second-order valence-electron chi connectivity index (χ2n) is 4.40. The van der Waals surface area contributed by atoms with Crippen LogP contribution < -0.4 is 5.32 Å². The highest BCUT2D eigenvalue weighted by molar-refractivity contribution is 5.25. The molecule has 0 amide bonds. The first-order valence-corrected chi connectivity index (χ1v) is 5.98. The maximum Gasteiger partial charge on any atom is 0.202 e. The van der Waals surface area contributed by atoms with Gasteiger partial charge in [-0.15, -0.1) is 0 Å². The summed E-state index contributed by atoms with van der Waals surface area (Å²) in [6.07, 6.45) is 6.24. The van der Waals surface area contributed by atoms with Gasteiger partial charge in [-0.3, -0.25) is 0 Å². The van der Waals surface area contributed by atoms with Crippen LogP contribution in [0.25, 0.3) is 0 Å². The zero-order chi connectivity index (χ0) is 11.8. The van der Waals surface area contributed by atoms with Crippen molar-refractivity contribution in [2.24, 2.45) is 5.92 Å². The summed E-state index contributed by atoms with van der Waals surface area (Å²) in [5.74, 6) is 1.72. The topological polar surface area (TPSA) is 39.1 Å². The SMILES string of the molecule is COCCn1ccnc1NCCCC(C)C. The van der Waals surface area contributed by atoms with E-state index >= 15 is 0 Å². The Morgan fingerprint density at radius 1 is 1.50 bits per heavy atom. The Labute approximate surface area is 98.0 Å². The van der Waals surface area contributed by atoms with Crippen molar-refractivity contribution in [1.29, 1.82) is 0 Å². The van der Waals surface area contributed by atoms with E-state index in [0.717, 1.165) is 31.6 Å². The summed E-state index contributed by atoms with van der Waals surface area (Å²) in [6, 6.07) is 0. The van der Waals surface area contributed by atoms with Crippen molar-refractivity contribution in [3.8, 4) is 0 Å². The number of methoxy groups -OCH3 is 1. The molecule has 0 aliphatic carbocycles. The molecule has 1 rings (SSSR count). The third-order valence-electron chi connectivity index (χ3n) is 2.49. The van der Waals surface area contributed by atoms with Crippen LogP contribution in [-0.4, -0.2) is 29.8 Å². The lowest BCUT2D eigenvalue weighted by atomic mass is 10.1. The van der Waals surface area contributed by atoms with Crippen LogP contribution in [0.15, 0.2) is 12.4 Å². The van der Waals surface area contributed by atoms with Gasteiger partial charge in [-0.25, -0.2) is 4.98 Å². The van der Waals surface area contributed by atoms with Gasteiger partial charge in [0.2, 0.25) is 5.95 Å². The molecule has 1 N–H and O–H groups in total. The quantitative estimate of drug-likeness (QED) is 0.690. The summed E-state index contributed by atoms with van der Waals surface area (Å²) in [4.78, 5) is 4.28. The van der Waals surface area contributed by atoms with Crippen LogP contribution in [0.2, 0.25) is 0 Å². The number of ether oxygens (including phenoxy) is 1. The zero-order valence-corrected chi connectivity index (χ0v) is 10.6. The van der Waals surface area contributed by atoms with Gasteiger partial charge in [-0.05, 0) is 18.8 Å². The second-order valence-corrected chi connectivity index (χ2v) is 4.40. The Balaban J connectivity index is 2.27. The lowest BCUT2D eigenvalue weighted by Gasteiger charge is -2.10. The smallest absolute Gasteiger partial charge is 0.202 e. The van der Waals surface area contributed by atoms with Gasteiger partial charge in [0.15, 0.2) is 0 Å². The lowest BCUT2D eigenvalue weighted by molar-refractivity contribution is 0.187. The fraction of sp³-hybridized carbons (Fsp3) is 0.750. The number of imidazole rings is 1. The van der Waals surface area contributed by atoms with E-state index in [0.29, 0.717) is 0 Å². The highest BCUT2D eigenvalue weighted by atomic mass is 16.5. The van der Waals surface area contributed by atoms with Gasteiger partial charge < -0.3 is 14.6 Å². The zero-order valence-electron chi connectivity index (χ0n) is 10.6. The van der Waals surface area contributed by atoms with Crippen molar-refractivity contribution in [2.75, 3.05) is 25.6 Å². The van der Waals surface area contributed by atoms with Crippen molar-refractivity contribution in [2.45, 2.75) is 33.2 Å². The van der Waals surface area contributed by atoms with Crippen molar-refractivity contribution in [3.63, 3.8) is 0 Å². The summed E-state index contributed by atoms with van der Waals surface area (Å²) in [5.41, 5.74) is 0. The molecule has 0 radical (unpaired) electrons. The summed E-state index contributed by atoms with van der Waals surface area (Å²) >= 11 is 0. The Kier molecular flexibility index (Phi) is 5.93. The molecule has 1 heterocycles. The maximum atomic E-state index is 5.05. The number of anilines is 1. The van der Waals surface area contributed by atoms with Crippen molar-refractivity contribution < 1.29 is 4.74 Å². The average Bonchev–Trinajstić information content (AvgIpc) is 2.69. The van der Waals surface area contributed by atoms with Gasteiger partial charge in [0.05, 0.1) is 6.61 Å². The Bertz CT molecular complexity index is 284. The van der Waals surface area contributed by atoms with E-state index in [2.05, 4.69) is 28.7 Å². The van der Waals surface area contributed by atoms with E-state index in [-0.39, 0.29) is 0 Å². The third kappa shape index (κ3) is 4.66. The number of nitrogens with one attached hydrogen (secondary N) is 1. The van der Waals surface area contributed by atoms with Gasteiger partial charge in [-0.2, -0.15) is 0 Å². The van der Waals surface area contributed by atoms with Crippen LogP contribution in [-0.2, 0) is 11.3 Å². The number of hydrogen-bond donors (Lipinski definition) is 1. The first kappa shape index (κ1) is 13.0. The molecule has 0 aliphatic rings. The molecule has 0 unspecified atom stereocenters. The molecule has 4 heteroatoms. The molecule has 92 valence electrons. The largest absolute Gasteiger partial charge is 0.383 e. The summed E-state index contributed by atoms with van der Waals surface area (Å²) in [5, 5.41) is 3.35. The maximum absolute atomic E-state index is 5.05. The van der Waals surface area contributed by atoms with E-state index in [1.54, 1.807) is 7.11 Å². The molecule has 0 saturated heterocycles. The van der Waals surface area contributed by atoms with Crippen LogP contribution in [0.5, 0.6) is 0 Å². The van der Waals surface area contributed by atoms with E-state index in [1.807, 2.05) is 12.4 Å².